The van der Waals surface area contributed by atoms with Crippen molar-refractivity contribution < 1.29 is 0 Å². The second-order valence-corrected chi connectivity index (χ2v) is 5.78. The average molecular weight is 242 g/mol. The SMILES string of the molecule is CCCCC(CCC)NC1=NC(C)CCS1. The smallest absolute Gasteiger partial charge is 0.157 e. The fourth-order valence-corrected chi connectivity index (χ4v) is 3.13. The Morgan fingerprint density at radius 3 is 2.81 bits per heavy atom. The number of thioether (sulfide) groups is 1. The molecule has 1 heterocycles. The number of nitrogens with one attached hydrogen (secondary N) is 1. The van der Waals surface area contributed by atoms with Crippen LogP contribution in [0.25, 0.3) is 0 Å². The van der Waals surface area contributed by atoms with Crippen LogP contribution in [0, 0.1) is 0 Å². The predicted octanol–water partition coefficient (Wildman–Crippen LogP) is 3.82. The molecule has 94 valence electrons. The van der Waals surface area contributed by atoms with Crippen molar-refractivity contribution in [2.45, 2.75) is 71.4 Å². The summed E-state index contributed by atoms with van der Waals surface area (Å²) >= 11 is 1.89. The van der Waals surface area contributed by atoms with Crippen molar-refractivity contribution in [3.05, 3.63) is 0 Å². The van der Waals surface area contributed by atoms with Crippen molar-refractivity contribution >= 4 is 16.9 Å². The van der Waals surface area contributed by atoms with Crippen LogP contribution in [0.4, 0.5) is 0 Å². The van der Waals surface area contributed by atoms with E-state index in [1.165, 1.54) is 49.4 Å². The molecule has 0 radical (unpaired) electrons. The van der Waals surface area contributed by atoms with Gasteiger partial charge in [-0.25, -0.2) is 0 Å². The first-order valence-corrected chi connectivity index (χ1v) is 7.72. The summed E-state index contributed by atoms with van der Waals surface area (Å²) in [5, 5.41) is 4.82. The molecule has 0 spiro atoms. The molecule has 1 rings (SSSR count). The summed E-state index contributed by atoms with van der Waals surface area (Å²) in [6.45, 7) is 6.74. The van der Waals surface area contributed by atoms with Crippen LogP contribution in [-0.4, -0.2) is 23.0 Å². The van der Waals surface area contributed by atoms with Crippen molar-refractivity contribution in [2.24, 2.45) is 4.99 Å². The Balaban J connectivity index is 2.40. The minimum absolute atomic E-state index is 0.511. The van der Waals surface area contributed by atoms with Gasteiger partial charge >= 0.3 is 0 Å². The van der Waals surface area contributed by atoms with Crippen LogP contribution < -0.4 is 5.32 Å². The van der Waals surface area contributed by atoms with Gasteiger partial charge in [0, 0.05) is 11.8 Å². The fourth-order valence-electron chi connectivity index (χ4n) is 1.97. The Labute approximate surface area is 105 Å². The maximum absolute atomic E-state index is 4.68. The predicted molar refractivity (Wildman–Crippen MR) is 75.3 cm³/mol. The van der Waals surface area contributed by atoms with E-state index >= 15 is 0 Å². The summed E-state index contributed by atoms with van der Waals surface area (Å²) < 4.78 is 0. The lowest BCUT2D eigenvalue weighted by Crippen LogP contribution is -2.35. The highest BCUT2D eigenvalue weighted by Crippen LogP contribution is 2.17. The summed E-state index contributed by atoms with van der Waals surface area (Å²) in [4.78, 5) is 4.68. The normalized spacial score (nSPS) is 22.7. The van der Waals surface area contributed by atoms with Gasteiger partial charge in [-0.15, -0.1) is 0 Å². The number of rotatable bonds is 6. The molecular weight excluding hydrogens is 216 g/mol. The lowest BCUT2D eigenvalue weighted by Gasteiger charge is -2.23. The number of unbranched alkanes of at least 4 members (excludes halogenated alkanes) is 1. The number of aliphatic imine (C=N–C) groups is 1. The van der Waals surface area contributed by atoms with Gasteiger partial charge in [0.25, 0.3) is 0 Å². The molecule has 0 saturated carbocycles. The minimum atomic E-state index is 0.511. The van der Waals surface area contributed by atoms with Gasteiger partial charge in [0.2, 0.25) is 0 Å². The maximum Gasteiger partial charge on any atom is 0.157 e. The molecular formula is C13H26N2S. The number of amidine groups is 1. The Bertz CT molecular complexity index is 216. The number of nitrogens with zero attached hydrogens (tertiary/aromatic N) is 1. The topological polar surface area (TPSA) is 24.4 Å². The molecule has 1 aliphatic rings. The Kier molecular flexibility index (Phi) is 6.93. The minimum Gasteiger partial charge on any atom is -0.362 e. The Morgan fingerprint density at radius 2 is 2.19 bits per heavy atom. The van der Waals surface area contributed by atoms with E-state index in [0.29, 0.717) is 12.1 Å². The molecule has 2 nitrogen and oxygen atoms in total. The first kappa shape index (κ1) is 13.9. The molecule has 2 atom stereocenters. The van der Waals surface area contributed by atoms with Crippen molar-refractivity contribution in [3.8, 4) is 0 Å². The van der Waals surface area contributed by atoms with Gasteiger partial charge in [-0.3, -0.25) is 4.99 Å². The van der Waals surface area contributed by atoms with Gasteiger partial charge in [-0.1, -0.05) is 44.9 Å². The van der Waals surface area contributed by atoms with Crippen LogP contribution in [0.5, 0.6) is 0 Å². The lowest BCUT2D eigenvalue weighted by molar-refractivity contribution is 0.495. The first-order valence-electron chi connectivity index (χ1n) is 6.73. The van der Waals surface area contributed by atoms with Crippen molar-refractivity contribution in [1.29, 1.82) is 0 Å². The van der Waals surface area contributed by atoms with E-state index in [9.17, 15) is 0 Å². The lowest BCUT2D eigenvalue weighted by atomic mass is 10.1. The molecule has 0 amide bonds. The third-order valence-electron chi connectivity index (χ3n) is 2.98. The Hall–Kier alpha value is -0.180. The maximum atomic E-state index is 4.68. The van der Waals surface area contributed by atoms with Gasteiger partial charge in [-0.05, 0) is 26.2 Å². The number of hydrogen-bond donors (Lipinski definition) is 1. The second kappa shape index (κ2) is 7.99. The standard InChI is InChI=1S/C13H26N2S/c1-4-6-8-12(7-5-2)15-13-14-11(3)9-10-16-13/h11-12H,4-10H2,1-3H3,(H,14,15). The van der Waals surface area contributed by atoms with E-state index in [2.05, 4.69) is 31.1 Å². The zero-order chi connectivity index (χ0) is 11.8. The molecule has 1 aliphatic heterocycles. The Morgan fingerprint density at radius 1 is 1.38 bits per heavy atom. The molecule has 2 unspecified atom stereocenters. The van der Waals surface area contributed by atoms with E-state index in [4.69, 9.17) is 0 Å². The average Bonchev–Trinajstić information content (AvgIpc) is 2.26. The van der Waals surface area contributed by atoms with Gasteiger partial charge in [0.15, 0.2) is 5.17 Å². The van der Waals surface area contributed by atoms with E-state index in [0.717, 1.165) is 0 Å². The highest BCUT2D eigenvalue weighted by Gasteiger charge is 2.15. The molecule has 3 heteroatoms. The molecule has 0 aliphatic carbocycles. The van der Waals surface area contributed by atoms with Gasteiger partial charge in [0.1, 0.15) is 0 Å². The summed E-state index contributed by atoms with van der Waals surface area (Å²) in [5.41, 5.74) is 0. The molecule has 0 fully saturated rings. The highest BCUT2D eigenvalue weighted by atomic mass is 32.2. The van der Waals surface area contributed by atoms with Crippen LogP contribution in [-0.2, 0) is 0 Å². The summed E-state index contributed by atoms with van der Waals surface area (Å²) in [7, 11) is 0. The first-order chi connectivity index (χ1) is 7.76. The molecule has 16 heavy (non-hydrogen) atoms. The summed E-state index contributed by atoms with van der Waals surface area (Å²) in [6.07, 6.45) is 7.66. The quantitative estimate of drug-likeness (QED) is 0.766. The molecule has 0 aromatic heterocycles. The van der Waals surface area contributed by atoms with Crippen LogP contribution in [0.1, 0.15) is 59.3 Å². The van der Waals surface area contributed by atoms with Crippen LogP contribution in [0.15, 0.2) is 4.99 Å². The largest absolute Gasteiger partial charge is 0.362 e. The second-order valence-electron chi connectivity index (χ2n) is 4.69. The fraction of sp³-hybridized carbons (Fsp3) is 0.923. The monoisotopic (exact) mass is 242 g/mol. The molecule has 1 N–H and O–H groups in total. The summed E-state index contributed by atoms with van der Waals surface area (Å²) in [6, 6.07) is 1.15. The van der Waals surface area contributed by atoms with E-state index in [1.54, 1.807) is 0 Å². The van der Waals surface area contributed by atoms with Crippen molar-refractivity contribution in [1.82, 2.24) is 5.32 Å². The molecule has 0 aromatic rings. The van der Waals surface area contributed by atoms with Crippen molar-refractivity contribution in [3.63, 3.8) is 0 Å². The highest BCUT2D eigenvalue weighted by molar-refractivity contribution is 8.13. The third kappa shape index (κ3) is 5.24. The van der Waals surface area contributed by atoms with E-state index < -0.39 is 0 Å². The zero-order valence-corrected chi connectivity index (χ0v) is 11.8. The van der Waals surface area contributed by atoms with E-state index in [-0.39, 0.29) is 0 Å². The van der Waals surface area contributed by atoms with Gasteiger partial charge in [-0.2, -0.15) is 0 Å². The van der Waals surface area contributed by atoms with Crippen LogP contribution in [0.3, 0.4) is 0 Å². The third-order valence-corrected chi connectivity index (χ3v) is 3.92. The molecule has 0 aromatic carbocycles. The van der Waals surface area contributed by atoms with Crippen LogP contribution in [0.2, 0.25) is 0 Å². The van der Waals surface area contributed by atoms with Crippen molar-refractivity contribution in [2.75, 3.05) is 5.75 Å². The van der Waals surface area contributed by atoms with E-state index in [1.807, 2.05) is 11.8 Å². The molecule has 0 saturated heterocycles. The zero-order valence-electron chi connectivity index (χ0n) is 11.0. The van der Waals surface area contributed by atoms with Crippen LogP contribution >= 0.6 is 11.8 Å². The summed E-state index contributed by atoms with van der Waals surface area (Å²) in [5.74, 6) is 1.22. The van der Waals surface area contributed by atoms with Gasteiger partial charge in [0.05, 0.1) is 6.04 Å². The van der Waals surface area contributed by atoms with Gasteiger partial charge < -0.3 is 5.32 Å². The molecule has 0 bridgehead atoms. The number of hydrogen-bond acceptors (Lipinski definition) is 3.